The van der Waals surface area contributed by atoms with Gasteiger partial charge in [0.1, 0.15) is 5.75 Å². The van der Waals surface area contributed by atoms with E-state index in [1.807, 2.05) is 12.1 Å². The maximum Gasteiger partial charge on any atom is 0.123 e. The number of piperazine rings is 1. The highest BCUT2D eigenvalue weighted by Crippen LogP contribution is 2.24. The fourth-order valence-electron chi connectivity index (χ4n) is 2.38. The Balaban J connectivity index is 1.99. The molecule has 0 N–H and O–H groups in total. The van der Waals surface area contributed by atoms with Crippen molar-refractivity contribution in [2.75, 3.05) is 39.8 Å². The zero-order valence-electron chi connectivity index (χ0n) is 11.2. The van der Waals surface area contributed by atoms with Crippen LogP contribution in [0.1, 0.15) is 12.5 Å². The van der Waals surface area contributed by atoms with E-state index < -0.39 is 0 Å². The molecule has 100 valence electrons. The van der Waals surface area contributed by atoms with Gasteiger partial charge in [-0.2, -0.15) is 0 Å². The number of nitrogens with zero attached hydrogens (tertiary/aromatic N) is 2. The van der Waals surface area contributed by atoms with Crippen LogP contribution < -0.4 is 4.74 Å². The lowest BCUT2D eigenvalue weighted by Gasteiger charge is -2.34. The monoisotopic (exact) mass is 312 g/mol. The molecule has 0 unspecified atom stereocenters. The minimum atomic E-state index is 0.972. The van der Waals surface area contributed by atoms with Gasteiger partial charge in [-0.25, -0.2) is 0 Å². The molecule has 1 aliphatic rings. The first kappa shape index (κ1) is 13.8. The van der Waals surface area contributed by atoms with Crippen molar-refractivity contribution < 1.29 is 4.74 Å². The van der Waals surface area contributed by atoms with Gasteiger partial charge in [0.05, 0.1) is 7.11 Å². The van der Waals surface area contributed by atoms with E-state index in [4.69, 9.17) is 4.74 Å². The van der Waals surface area contributed by atoms with Crippen molar-refractivity contribution in [2.45, 2.75) is 13.5 Å². The van der Waals surface area contributed by atoms with E-state index in [1.165, 1.54) is 18.7 Å². The maximum absolute atomic E-state index is 5.43. The van der Waals surface area contributed by atoms with Crippen LogP contribution in [0.5, 0.6) is 5.75 Å². The summed E-state index contributed by atoms with van der Waals surface area (Å²) in [5.41, 5.74) is 1.26. The van der Waals surface area contributed by atoms with Gasteiger partial charge < -0.3 is 9.64 Å². The number of hydrogen-bond donors (Lipinski definition) is 0. The van der Waals surface area contributed by atoms with Gasteiger partial charge in [-0.3, -0.25) is 4.90 Å². The molecule has 3 nitrogen and oxygen atoms in total. The molecular weight excluding hydrogens is 292 g/mol. The van der Waals surface area contributed by atoms with Crippen LogP contribution in [0.2, 0.25) is 0 Å². The first-order chi connectivity index (χ1) is 8.72. The van der Waals surface area contributed by atoms with Gasteiger partial charge in [0.25, 0.3) is 0 Å². The van der Waals surface area contributed by atoms with Crippen LogP contribution in [0.15, 0.2) is 22.7 Å². The quantitative estimate of drug-likeness (QED) is 0.850. The molecular formula is C14H21BrN2O. The predicted molar refractivity (Wildman–Crippen MR) is 78.1 cm³/mol. The number of hydrogen-bond acceptors (Lipinski definition) is 3. The molecule has 0 aromatic heterocycles. The van der Waals surface area contributed by atoms with Crippen molar-refractivity contribution in [1.29, 1.82) is 0 Å². The number of halogens is 1. The summed E-state index contributed by atoms with van der Waals surface area (Å²) in [6.45, 7) is 8.99. The normalized spacial score (nSPS) is 17.9. The van der Waals surface area contributed by atoms with Gasteiger partial charge in [0.2, 0.25) is 0 Å². The van der Waals surface area contributed by atoms with Gasteiger partial charge in [-0.05, 0) is 24.7 Å². The average Bonchev–Trinajstić information content (AvgIpc) is 2.40. The minimum absolute atomic E-state index is 0.972. The van der Waals surface area contributed by atoms with Gasteiger partial charge >= 0.3 is 0 Å². The van der Waals surface area contributed by atoms with Crippen molar-refractivity contribution in [2.24, 2.45) is 0 Å². The molecule has 0 bridgehead atoms. The van der Waals surface area contributed by atoms with Crippen LogP contribution in [0.25, 0.3) is 0 Å². The van der Waals surface area contributed by atoms with E-state index in [1.54, 1.807) is 7.11 Å². The highest BCUT2D eigenvalue weighted by molar-refractivity contribution is 9.10. The molecule has 1 aromatic carbocycles. The predicted octanol–water partition coefficient (Wildman–Crippen LogP) is 2.60. The third-order valence-corrected chi connectivity index (χ3v) is 4.04. The lowest BCUT2D eigenvalue weighted by atomic mass is 10.1. The van der Waals surface area contributed by atoms with Gasteiger partial charge in [0.15, 0.2) is 0 Å². The second kappa shape index (κ2) is 6.55. The third-order valence-electron chi connectivity index (χ3n) is 3.55. The molecule has 4 heteroatoms. The van der Waals surface area contributed by atoms with Crippen LogP contribution >= 0.6 is 15.9 Å². The molecule has 18 heavy (non-hydrogen) atoms. The second-order valence-corrected chi connectivity index (χ2v) is 5.58. The second-order valence-electron chi connectivity index (χ2n) is 4.67. The van der Waals surface area contributed by atoms with Crippen LogP contribution in [-0.4, -0.2) is 49.6 Å². The van der Waals surface area contributed by atoms with Crippen LogP contribution in [0, 0.1) is 0 Å². The highest BCUT2D eigenvalue weighted by atomic mass is 79.9. The van der Waals surface area contributed by atoms with Crippen molar-refractivity contribution >= 4 is 15.9 Å². The SMILES string of the molecule is CCN1CCN(Cc2cc(Br)ccc2OC)CC1. The smallest absolute Gasteiger partial charge is 0.123 e. The molecule has 1 aliphatic heterocycles. The van der Waals surface area contributed by atoms with Crippen molar-refractivity contribution in [3.05, 3.63) is 28.2 Å². The zero-order valence-corrected chi connectivity index (χ0v) is 12.7. The Morgan fingerprint density at radius 1 is 1.17 bits per heavy atom. The fraction of sp³-hybridized carbons (Fsp3) is 0.571. The summed E-state index contributed by atoms with van der Waals surface area (Å²) in [7, 11) is 1.74. The standard InChI is InChI=1S/C14H21BrN2O/c1-3-16-6-8-17(9-7-16)11-12-10-13(15)4-5-14(12)18-2/h4-5,10H,3,6-9,11H2,1-2H3. The number of benzene rings is 1. The molecule has 0 atom stereocenters. The molecule has 0 spiro atoms. The van der Waals surface area contributed by atoms with Crippen molar-refractivity contribution in [3.8, 4) is 5.75 Å². The molecule has 1 aromatic rings. The van der Waals surface area contributed by atoms with Gasteiger partial charge in [0, 0.05) is 42.8 Å². The molecule has 2 rings (SSSR count). The molecule has 0 radical (unpaired) electrons. The average molecular weight is 313 g/mol. The Morgan fingerprint density at radius 2 is 1.83 bits per heavy atom. The molecule has 1 fully saturated rings. The Labute approximate surface area is 118 Å². The Morgan fingerprint density at radius 3 is 2.44 bits per heavy atom. The maximum atomic E-state index is 5.43. The van der Waals surface area contributed by atoms with Crippen LogP contribution in [0.4, 0.5) is 0 Å². The van der Waals surface area contributed by atoms with Crippen molar-refractivity contribution in [1.82, 2.24) is 9.80 Å². The Kier molecular flexibility index (Phi) is 5.03. The summed E-state index contributed by atoms with van der Waals surface area (Å²) < 4.78 is 6.54. The molecule has 0 amide bonds. The first-order valence-electron chi connectivity index (χ1n) is 6.50. The van der Waals surface area contributed by atoms with E-state index in [2.05, 4.69) is 38.7 Å². The summed E-state index contributed by atoms with van der Waals surface area (Å²) in [5, 5.41) is 0. The number of rotatable bonds is 4. The highest BCUT2D eigenvalue weighted by Gasteiger charge is 2.16. The topological polar surface area (TPSA) is 15.7 Å². The zero-order chi connectivity index (χ0) is 13.0. The third kappa shape index (κ3) is 3.46. The van der Waals surface area contributed by atoms with E-state index >= 15 is 0 Å². The number of likely N-dealkylation sites (N-methyl/N-ethyl adjacent to an activating group) is 1. The summed E-state index contributed by atoms with van der Waals surface area (Å²) in [4.78, 5) is 4.99. The first-order valence-corrected chi connectivity index (χ1v) is 7.29. The molecule has 0 aliphatic carbocycles. The van der Waals surface area contributed by atoms with Gasteiger partial charge in [-0.1, -0.05) is 22.9 Å². The number of methoxy groups -OCH3 is 1. The van der Waals surface area contributed by atoms with E-state index in [0.29, 0.717) is 0 Å². The Hall–Kier alpha value is -0.580. The largest absolute Gasteiger partial charge is 0.496 e. The van der Waals surface area contributed by atoms with Crippen molar-refractivity contribution in [3.63, 3.8) is 0 Å². The minimum Gasteiger partial charge on any atom is -0.496 e. The van der Waals surface area contributed by atoms with Crippen LogP contribution in [-0.2, 0) is 6.54 Å². The lowest BCUT2D eigenvalue weighted by Crippen LogP contribution is -2.45. The summed E-state index contributed by atoms with van der Waals surface area (Å²) in [6.07, 6.45) is 0. The van der Waals surface area contributed by atoms with Gasteiger partial charge in [-0.15, -0.1) is 0 Å². The molecule has 0 saturated carbocycles. The van der Waals surface area contributed by atoms with E-state index in [9.17, 15) is 0 Å². The van der Waals surface area contributed by atoms with E-state index in [0.717, 1.165) is 36.4 Å². The summed E-state index contributed by atoms with van der Waals surface area (Å²) in [5.74, 6) is 0.983. The summed E-state index contributed by atoms with van der Waals surface area (Å²) in [6, 6.07) is 6.21. The fourth-order valence-corrected chi connectivity index (χ4v) is 2.78. The summed E-state index contributed by atoms with van der Waals surface area (Å²) >= 11 is 3.53. The molecule has 1 heterocycles. The Bertz CT molecular complexity index is 389. The van der Waals surface area contributed by atoms with Crippen LogP contribution in [0.3, 0.4) is 0 Å². The number of ether oxygens (including phenoxy) is 1. The van der Waals surface area contributed by atoms with E-state index in [-0.39, 0.29) is 0 Å². The lowest BCUT2D eigenvalue weighted by molar-refractivity contribution is 0.131. The molecule has 1 saturated heterocycles.